The third-order valence-electron chi connectivity index (χ3n) is 4.20. The number of methoxy groups -OCH3 is 1. The molecule has 0 fully saturated rings. The number of imidazole rings is 1. The molecule has 9 heteroatoms. The summed E-state index contributed by atoms with van der Waals surface area (Å²) in [6, 6.07) is 4.34. The molecule has 1 aromatic heterocycles. The van der Waals surface area contributed by atoms with E-state index in [1.54, 1.807) is 26.4 Å². The van der Waals surface area contributed by atoms with Gasteiger partial charge in [0, 0.05) is 38.6 Å². The van der Waals surface area contributed by atoms with Crippen LogP contribution in [0.4, 0.5) is 0 Å². The minimum Gasteiger partial charge on any atom is -0.496 e. The molecule has 1 N–H and O–H groups in total. The first-order chi connectivity index (χ1) is 12.9. The number of amides is 1. The van der Waals surface area contributed by atoms with Gasteiger partial charge in [0.15, 0.2) is 0 Å². The Morgan fingerprint density at radius 2 is 2.04 bits per heavy atom. The Kier molecular flexibility index (Phi) is 7.37. The van der Waals surface area contributed by atoms with E-state index in [0.717, 1.165) is 13.0 Å². The van der Waals surface area contributed by atoms with E-state index >= 15 is 0 Å². The minimum absolute atomic E-state index is 0.0792. The molecule has 2 rings (SSSR count). The molecule has 0 aliphatic carbocycles. The number of benzene rings is 1. The van der Waals surface area contributed by atoms with Crippen molar-refractivity contribution in [1.29, 1.82) is 0 Å². The number of sulfonamides is 1. The fourth-order valence-corrected chi connectivity index (χ4v) is 4.20. The van der Waals surface area contributed by atoms with Crippen molar-refractivity contribution in [1.82, 2.24) is 19.2 Å². The number of nitrogens with zero attached hydrogens (tertiary/aromatic N) is 3. The summed E-state index contributed by atoms with van der Waals surface area (Å²) in [4.78, 5) is 16.6. The lowest BCUT2D eigenvalue weighted by Crippen LogP contribution is -2.31. The molecule has 1 amide bonds. The van der Waals surface area contributed by atoms with E-state index in [9.17, 15) is 13.2 Å². The van der Waals surface area contributed by atoms with E-state index in [-0.39, 0.29) is 16.4 Å². The quantitative estimate of drug-likeness (QED) is 0.620. The van der Waals surface area contributed by atoms with Crippen molar-refractivity contribution in [2.75, 3.05) is 26.7 Å². The van der Waals surface area contributed by atoms with E-state index in [1.165, 1.54) is 29.6 Å². The lowest BCUT2D eigenvalue weighted by molar-refractivity contribution is 0.0949. The summed E-state index contributed by atoms with van der Waals surface area (Å²) in [6.07, 6.45) is 5.99. The van der Waals surface area contributed by atoms with Gasteiger partial charge < -0.3 is 14.6 Å². The average Bonchev–Trinajstić information content (AvgIpc) is 3.18. The molecule has 1 aromatic carbocycles. The number of hydrogen-bond donors (Lipinski definition) is 1. The number of aryl methyl sites for hydroxylation is 1. The van der Waals surface area contributed by atoms with Crippen LogP contribution in [0, 0.1) is 0 Å². The topological polar surface area (TPSA) is 93.5 Å². The number of carbonyl (C=O) groups is 1. The van der Waals surface area contributed by atoms with Crippen LogP contribution in [0.3, 0.4) is 0 Å². The molecule has 1 heterocycles. The molecule has 148 valence electrons. The van der Waals surface area contributed by atoms with Crippen LogP contribution in [-0.4, -0.2) is 54.9 Å². The molecule has 0 aliphatic heterocycles. The van der Waals surface area contributed by atoms with Crippen molar-refractivity contribution in [3.8, 4) is 5.75 Å². The summed E-state index contributed by atoms with van der Waals surface area (Å²) in [5.41, 5.74) is 0.202. The van der Waals surface area contributed by atoms with E-state index in [2.05, 4.69) is 10.3 Å². The lowest BCUT2D eigenvalue weighted by Gasteiger charge is -2.19. The first-order valence-corrected chi connectivity index (χ1v) is 10.3. The number of carbonyl (C=O) groups excluding carboxylic acids is 1. The molecule has 0 radical (unpaired) electrons. The van der Waals surface area contributed by atoms with Gasteiger partial charge in [0.25, 0.3) is 5.91 Å². The van der Waals surface area contributed by atoms with Gasteiger partial charge in [-0.2, -0.15) is 4.31 Å². The van der Waals surface area contributed by atoms with Crippen LogP contribution >= 0.6 is 0 Å². The minimum atomic E-state index is -3.65. The van der Waals surface area contributed by atoms with Gasteiger partial charge in [-0.1, -0.05) is 13.8 Å². The number of aromatic nitrogens is 2. The van der Waals surface area contributed by atoms with Crippen molar-refractivity contribution in [3.05, 3.63) is 42.5 Å². The Labute approximate surface area is 160 Å². The van der Waals surface area contributed by atoms with Crippen LogP contribution in [0.5, 0.6) is 5.75 Å². The van der Waals surface area contributed by atoms with Crippen LogP contribution in [0.25, 0.3) is 0 Å². The largest absolute Gasteiger partial charge is 0.496 e. The third-order valence-corrected chi connectivity index (χ3v) is 6.24. The molecular weight excluding hydrogens is 368 g/mol. The number of rotatable bonds is 10. The summed E-state index contributed by atoms with van der Waals surface area (Å²) in [6.45, 7) is 5.46. The first kappa shape index (κ1) is 20.9. The Hall–Kier alpha value is -2.39. The van der Waals surface area contributed by atoms with Gasteiger partial charge in [-0.15, -0.1) is 0 Å². The molecule has 0 saturated carbocycles. The van der Waals surface area contributed by atoms with E-state index in [1.807, 2.05) is 10.8 Å². The summed E-state index contributed by atoms with van der Waals surface area (Å²) >= 11 is 0. The molecule has 0 spiro atoms. The Morgan fingerprint density at radius 1 is 1.30 bits per heavy atom. The van der Waals surface area contributed by atoms with E-state index in [0.29, 0.717) is 25.4 Å². The Bertz CT molecular complexity index is 846. The van der Waals surface area contributed by atoms with Crippen molar-refractivity contribution in [2.45, 2.75) is 31.7 Å². The van der Waals surface area contributed by atoms with Gasteiger partial charge >= 0.3 is 0 Å². The van der Waals surface area contributed by atoms with Crippen molar-refractivity contribution in [3.63, 3.8) is 0 Å². The average molecular weight is 394 g/mol. The van der Waals surface area contributed by atoms with Crippen LogP contribution < -0.4 is 10.1 Å². The van der Waals surface area contributed by atoms with Gasteiger partial charge in [0.1, 0.15) is 5.75 Å². The molecule has 0 atom stereocenters. The zero-order chi connectivity index (χ0) is 19.9. The Balaban J connectivity index is 2.13. The highest BCUT2D eigenvalue weighted by Gasteiger charge is 2.24. The number of nitrogens with one attached hydrogen (secondary N) is 1. The maximum atomic E-state index is 12.7. The van der Waals surface area contributed by atoms with Crippen LogP contribution in [0.15, 0.2) is 41.8 Å². The predicted octanol–water partition coefficient (Wildman–Crippen LogP) is 1.74. The van der Waals surface area contributed by atoms with Gasteiger partial charge in [-0.05, 0) is 24.6 Å². The maximum absolute atomic E-state index is 12.7. The molecule has 27 heavy (non-hydrogen) atoms. The van der Waals surface area contributed by atoms with E-state index < -0.39 is 10.0 Å². The SMILES string of the molecule is CCN(CC)S(=O)(=O)c1ccc(OC)c(C(=O)NCCCn2ccnc2)c1. The second kappa shape index (κ2) is 9.52. The summed E-state index contributed by atoms with van der Waals surface area (Å²) in [5, 5.41) is 2.81. The van der Waals surface area contributed by atoms with E-state index in [4.69, 9.17) is 4.74 Å². The summed E-state index contributed by atoms with van der Waals surface area (Å²) in [7, 11) is -2.20. The normalized spacial score (nSPS) is 11.6. The molecule has 0 saturated heterocycles. The fraction of sp³-hybridized carbons (Fsp3) is 0.444. The van der Waals surface area contributed by atoms with Crippen LogP contribution in [0.1, 0.15) is 30.6 Å². The van der Waals surface area contributed by atoms with Gasteiger partial charge in [0.05, 0.1) is 23.9 Å². The molecule has 0 aliphatic rings. The molecule has 0 bridgehead atoms. The van der Waals surface area contributed by atoms with Crippen molar-refractivity contribution < 1.29 is 17.9 Å². The van der Waals surface area contributed by atoms with Gasteiger partial charge in [-0.3, -0.25) is 4.79 Å². The Morgan fingerprint density at radius 3 is 2.63 bits per heavy atom. The molecular formula is C18H26N4O4S. The monoisotopic (exact) mass is 394 g/mol. The fourth-order valence-electron chi connectivity index (χ4n) is 2.72. The second-order valence-electron chi connectivity index (χ2n) is 5.86. The van der Waals surface area contributed by atoms with Crippen molar-refractivity contribution >= 4 is 15.9 Å². The molecule has 8 nitrogen and oxygen atoms in total. The standard InChI is InChI=1S/C18H26N4O4S/c1-4-22(5-2)27(24,25)15-7-8-17(26-3)16(13-15)18(23)20-9-6-11-21-12-10-19-14-21/h7-8,10,12-14H,4-6,9,11H2,1-3H3,(H,20,23). The molecule has 2 aromatic rings. The number of hydrogen-bond acceptors (Lipinski definition) is 5. The maximum Gasteiger partial charge on any atom is 0.255 e. The van der Waals surface area contributed by atoms with Crippen LogP contribution in [0.2, 0.25) is 0 Å². The smallest absolute Gasteiger partial charge is 0.255 e. The summed E-state index contributed by atoms with van der Waals surface area (Å²) < 4.78 is 33.9. The highest BCUT2D eigenvalue weighted by molar-refractivity contribution is 7.89. The van der Waals surface area contributed by atoms with Crippen LogP contribution in [-0.2, 0) is 16.6 Å². The highest BCUT2D eigenvalue weighted by atomic mass is 32.2. The first-order valence-electron chi connectivity index (χ1n) is 8.86. The second-order valence-corrected chi connectivity index (χ2v) is 7.80. The predicted molar refractivity (Wildman–Crippen MR) is 102 cm³/mol. The highest BCUT2D eigenvalue weighted by Crippen LogP contribution is 2.24. The molecule has 0 unspecified atom stereocenters. The van der Waals surface area contributed by atoms with Gasteiger partial charge in [0.2, 0.25) is 10.0 Å². The van der Waals surface area contributed by atoms with Crippen molar-refractivity contribution in [2.24, 2.45) is 0 Å². The zero-order valence-electron chi connectivity index (χ0n) is 15.9. The summed E-state index contributed by atoms with van der Waals surface area (Å²) in [5.74, 6) is -0.0327. The van der Waals surface area contributed by atoms with Gasteiger partial charge in [-0.25, -0.2) is 13.4 Å². The third kappa shape index (κ3) is 5.08. The number of ether oxygens (including phenoxy) is 1. The zero-order valence-corrected chi connectivity index (χ0v) is 16.7. The lowest BCUT2D eigenvalue weighted by atomic mass is 10.2.